The molecule has 0 aliphatic carbocycles. The van der Waals surface area contributed by atoms with E-state index < -0.39 is 0 Å². The molecule has 0 bridgehead atoms. The van der Waals surface area contributed by atoms with Crippen molar-refractivity contribution < 1.29 is 4.74 Å². The number of anilines is 1. The highest BCUT2D eigenvalue weighted by atomic mass is 32.1. The Morgan fingerprint density at radius 3 is 2.70 bits per heavy atom. The highest BCUT2D eigenvalue weighted by molar-refractivity contribution is 7.21. The number of morpholine rings is 1. The SMILES string of the molecule is Cc1cccc(-c2nc3c(N4CCOCC4)nc(C)nc3s2)c1. The first-order chi connectivity index (χ1) is 11.2. The van der Waals surface area contributed by atoms with Crippen LogP contribution in [0.4, 0.5) is 5.82 Å². The number of aryl methyl sites for hydroxylation is 2. The molecular weight excluding hydrogens is 308 g/mol. The van der Waals surface area contributed by atoms with Crippen LogP contribution in [0.15, 0.2) is 24.3 Å². The van der Waals surface area contributed by atoms with Crippen LogP contribution >= 0.6 is 11.3 Å². The number of aromatic nitrogens is 3. The largest absolute Gasteiger partial charge is 0.378 e. The summed E-state index contributed by atoms with van der Waals surface area (Å²) in [5, 5.41) is 0.998. The molecule has 6 heteroatoms. The first kappa shape index (κ1) is 14.5. The molecule has 23 heavy (non-hydrogen) atoms. The van der Waals surface area contributed by atoms with Gasteiger partial charge >= 0.3 is 0 Å². The molecule has 1 fully saturated rings. The number of thiazole rings is 1. The van der Waals surface area contributed by atoms with Crippen molar-refractivity contribution in [1.29, 1.82) is 0 Å². The van der Waals surface area contributed by atoms with E-state index in [2.05, 4.69) is 46.1 Å². The first-order valence-electron chi connectivity index (χ1n) is 7.75. The van der Waals surface area contributed by atoms with E-state index in [0.29, 0.717) is 0 Å². The Labute approximate surface area is 139 Å². The standard InChI is InChI=1S/C17H18N4OS/c1-11-4-3-5-13(10-11)16-20-14-15(21-6-8-22-9-7-21)18-12(2)19-17(14)23-16/h3-5,10H,6-9H2,1-2H3. The summed E-state index contributed by atoms with van der Waals surface area (Å²) in [7, 11) is 0. The van der Waals surface area contributed by atoms with E-state index >= 15 is 0 Å². The molecule has 118 valence electrons. The minimum absolute atomic E-state index is 0.736. The van der Waals surface area contributed by atoms with Gasteiger partial charge in [-0.25, -0.2) is 15.0 Å². The summed E-state index contributed by atoms with van der Waals surface area (Å²) in [6.45, 7) is 7.21. The molecule has 0 unspecified atom stereocenters. The number of nitrogens with zero attached hydrogens (tertiary/aromatic N) is 4. The van der Waals surface area contributed by atoms with Gasteiger partial charge in [-0.15, -0.1) is 0 Å². The molecule has 3 aromatic rings. The van der Waals surface area contributed by atoms with Gasteiger partial charge in [-0.1, -0.05) is 35.1 Å². The van der Waals surface area contributed by atoms with Crippen molar-refractivity contribution in [3.63, 3.8) is 0 Å². The zero-order chi connectivity index (χ0) is 15.8. The van der Waals surface area contributed by atoms with E-state index in [1.54, 1.807) is 11.3 Å². The van der Waals surface area contributed by atoms with Gasteiger partial charge in [0.15, 0.2) is 5.82 Å². The summed E-state index contributed by atoms with van der Waals surface area (Å²) in [6.07, 6.45) is 0. The van der Waals surface area contributed by atoms with Gasteiger partial charge in [-0.2, -0.15) is 0 Å². The number of hydrogen-bond donors (Lipinski definition) is 0. The third kappa shape index (κ3) is 2.80. The smallest absolute Gasteiger partial charge is 0.160 e. The Balaban J connectivity index is 1.84. The summed E-state index contributed by atoms with van der Waals surface area (Å²) >= 11 is 1.63. The average Bonchev–Trinajstić information content (AvgIpc) is 2.99. The van der Waals surface area contributed by atoms with Gasteiger partial charge in [0.25, 0.3) is 0 Å². The Morgan fingerprint density at radius 1 is 1.09 bits per heavy atom. The van der Waals surface area contributed by atoms with Crippen LogP contribution in [0.25, 0.3) is 20.9 Å². The van der Waals surface area contributed by atoms with Gasteiger partial charge in [0.1, 0.15) is 21.2 Å². The van der Waals surface area contributed by atoms with E-state index in [0.717, 1.165) is 58.9 Å². The van der Waals surface area contributed by atoms with Crippen LogP contribution < -0.4 is 4.90 Å². The highest BCUT2D eigenvalue weighted by Crippen LogP contribution is 2.33. The number of hydrogen-bond acceptors (Lipinski definition) is 6. The number of ether oxygens (including phenoxy) is 1. The molecule has 1 aromatic carbocycles. The maximum absolute atomic E-state index is 5.45. The molecule has 3 heterocycles. The zero-order valence-electron chi connectivity index (χ0n) is 13.2. The maximum Gasteiger partial charge on any atom is 0.160 e. The molecule has 1 aliphatic rings. The van der Waals surface area contributed by atoms with Gasteiger partial charge < -0.3 is 9.64 Å². The van der Waals surface area contributed by atoms with Crippen molar-refractivity contribution in [2.24, 2.45) is 0 Å². The Morgan fingerprint density at radius 2 is 1.91 bits per heavy atom. The topological polar surface area (TPSA) is 51.1 Å². The second kappa shape index (κ2) is 5.86. The molecule has 0 amide bonds. The zero-order valence-corrected chi connectivity index (χ0v) is 14.1. The van der Waals surface area contributed by atoms with Crippen LogP contribution in [0.3, 0.4) is 0 Å². The fourth-order valence-corrected chi connectivity index (χ4v) is 3.79. The third-order valence-electron chi connectivity index (χ3n) is 3.93. The van der Waals surface area contributed by atoms with E-state index in [9.17, 15) is 0 Å². The molecule has 0 radical (unpaired) electrons. The Bertz CT molecular complexity index is 855. The van der Waals surface area contributed by atoms with Crippen molar-refractivity contribution in [3.8, 4) is 10.6 Å². The molecule has 1 saturated heterocycles. The predicted octanol–water partition coefficient (Wildman–Crippen LogP) is 3.21. The molecular formula is C17H18N4OS. The minimum Gasteiger partial charge on any atom is -0.378 e. The maximum atomic E-state index is 5.45. The van der Waals surface area contributed by atoms with Crippen molar-refractivity contribution in [1.82, 2.24) is 15.0 Å². The van der Waals surface area contributed by atoms with E-state index in [4.69, 9.17) is 9.72 Å². The fraction of sp³-hybridized carbons (Fsp3) is 0.353. The van der Waals surface area contributed by atoms with Gasteiger partial charge in [-0.05, 0) is 19.9 Å². The summed E-state index contributed by atoms with van der Waals surface area (Å²) < 4.78 is 5.45. The van der Waals surface area contributed by atoms with E-state index in [-0.39, 0.29) is 0 Å². The lowest BCUT2D eigenvalue weighted by Crippen LogP contribution is -2.37. The first-order valence-corrected chi connectivity index (χ1v) is 8.57. The summed E-state index contributed by atoms with van der Waals surface area (Å²) in [5.41, 5.74) is 3.27. The second-order valence-corrected chi connectivity index (χ2v) is 6.71. The Kier molecular flexibility index (Phi) is 3.71. The lowest BCUT2D eigenvalue weighted by atomic mass is 10.1. The number of benzene rings is 1. The Hall–Kier alpha value is -2.05. The third-order valence-corrected chi connectivity index (χ3v) is 4.93. The van der Waals surface area contributed by atoms with Gasteiger partial charge in [0.05, 0.1) is 13.2 Å². The molecule has 1 aliphatic heterocycles. The van der Waals surface area contributed by atoms with E-state index in [1.165, 1.54) is 5.56 Å². The number of fused-ring (bicyclic) bond motifs is 1. The van der Waals surface area contributed by atoms with Gasteiger partial charge in [-0.3, -0.25) is 0 Å². The summed E-state index contributed by atoms with van der Waals surface area (Å²) in [6, 6.07) is 8.42. The molecule has 0 atom stereocenters. The molecule has 0 saturated carbocycles. The van der Waals surface area contributed by atoms with Crippen LogP contribution in [0.2, 0.25) is 0 Å². The molecule has 0 N–H and O–H groups in total. The van der Waals surface area contributed by atoms with Crippen LogP contribution in [-0.4, -0.2) is 41.3 Å². The van der Waals surface area contributed by atoms with Crippen molar-refractivity contribution >= 4 is 27.5 Å². The fourth-order valence-electron chi connectivity index (χ4n) is 2.81. The van der Waals surface area contributed by atoms with Crippen LogP contribution in [0, 0.1) is 13.8 Å². The van der Waals surface area contributed by atoms with Crippen LogP contribution in [0.5, 0.6) is 0 Å². The molecule has 0 spiro atoms. The normalized spacial score (nSPS) is 15.3. The van der Waals surface area contributed by atoms with Crippen molar-refractivity contribution in [2.45, 2.75) is 13.8 Å². The average molecular weight is 326 g/mol. The van der Waals surface area contributed by atoms with Crippen molar-refractivity contribution in [2.75, 3.05) is 31.2 Å². The van der Waals surface area contributed by atoms with Gasteiger partial charge in [0.2, 0.25) is 0 Å². The van der Waals surface area contributed by atoms with Gasteiger partial charge in [0, 0.05) is 18.7 Å². The molecule has 2 aromatic heterocycles. The van der Waals surface area contributed by atoms with Crippen molar-refractivity contribution in [3.05, 3.63) is 35.7 Å². The van der Waals surface area contributed by atoms with Crippen LogP contribution in [-0.2, 0) is 4.74 Å². The second-order valence-electron chi connectivity index (χ2n) is 5.74. The van der Waals surface area contributed by atoms with Crippen LogP contribution in [0.1, 0.15) is 11.4 Å². The quantitative estimate of drug-likeness (QED) is 0.724. The predicted molar refractivity (Wildman–Crippen MR) is 93.2 cm³/mol. The highest BCUT2D eigenvalue weighted by Gasteiger charge is 2.20. The summed E-state index contributed by atoms with van der Waals surface area (Å²) in [5.74, 6) is 1.73. The van der Waals surface area contributed by atoms with E-state index in [1.807, 2.05) is 6.92 Å². The minimum atomic E-state index is 0.736. The number of rotatable bonds is 2. The lowest BCUT2D eigenvalue weighted by Gasteiger charge is -2.27. The molecule has 5 nitrogen and oxygen atoms in total. The monoisotopic (exact) mass is 326 g/mol. The summed E-state index contributed by atoms with van der Waals surface area (Å²) in [4.78, 5) is 17.3. The molecule has 4 rings (SSSR count). The lowest BCUT2D eigenvalue weighted by molar-refractivity contribution is 0.122.